The molecule has 0 saturated carbocycles. The van der Waals surface area contributed by atoms with Gasteiger partial charge in [-0.05, 0) is 0 Å². The predicted molar refractivity (Wildman–Crippen MR) is 21.9 cm³/mol. The molecule has 0 heterocycles. The Bertz CT molecular complexity index is 51.4. The van der Waals surface area contributed by atoms with Crippen LogP contribution in [-0.2, 0) is 4.74 Å². The third kappa shape index (κ3) is 5.97. The van der Waals surface area contributed by atoms with Crippen molar-refractivity contribution in [3.05, 3.63) is 0 Å². The van der Waals surface area contributed by atoms with Gasteiger partial charge in [0.25, 0.3) is 0 Å². The second-order valence-electron chi connectivity index (χ2n) is 0.879. The van der Waals surface area contributed by atoms with Gasteiger partial charge in [-0.25, -0.2) is 0 Å². The fourth-order valence-electron chi connectivity index (χ4n) is 0.164. The van der Waals surface area contributed by atoms with E-state index in [0.29, 0.717) is 10.2 Å². The second-order valence-corrected chi connectivity index (χ2v) is 1.46. The number of rotatable bonds is 1. The molecule has 7 heavy (non-hydrogen) atoms. The standard InChI is InChI=1S/C2H5F3OSi/c3-2(4,5)6-1-7/h1H2,7H3. The molecule has 0 saturated heterocycles. The maximum atomic E-state index is 10.9. The molecule has 0 aromatic heterocycles. The number of halogens is 3. The van der Waals surface area contributed by atoms with E-state index in [-0.39, 0.29) is 6.23 Å². The smallest absolute Gasteiger partial charge is 0.296 e. The van der Waals surface area contributed by atoms with Crippen LogP contribution < -0.4 is 0 Å². The number of alkyl halides is 3. The molecule has 1 nitrogen and oxygen atoms in total. The SMILES string of the molecule is FC(F)(F)OC[SiH3]. The first kappa shape index (κ1) is 6.97. The van der Waals surface area contributed by atoms with E-state index in [1.165, 1.54) is 0 Å². The minimum atomic E-state index is -4.41. The van der Waals surface area contributed by atoms with Crippen molar-refractivity contribution in [2.75, 3.05) is 6.23 Å². The normalized spacial score (nSPS) is 12.4. The highest BCUT2D eigenvalue weighted by molar-refractivity contribution is 6.08. The molecular weight excluding hydrogens is 125 g/mol. The molecule has 0 bridgehead atoms. The quantitative estimate of drug-likeness (QED) is 0.448. The van der Waals surface area contributed by atoms with Gasteiger partial charge in [0.2, 0.25) is 0 Å². The van der Waals surface area contributed by atoms with Gasteiger partial charge in [0.1, 0.15) is 0 Å². The van der Waals surface area contributed by atoms with Gasteiger partial charge in [-0.2, -0.15) is 0 Å². The fraction of sp³-hybridized carbons (Fsp3) is 1.00. The highest BCUT2D eigenvalue weighted by atomic mass is 28.1. The molecule has 0 aliphatic rings. The average Bonchev–Trinajstić information content (AvgIpc) is 1.30. The van der Waals surface area contributed by atoms with Crippen LogP contribution in [0.3, 0.4) is 0 Å². The lowest BCUT2D eigenvalue weighted by atomic mass is 11.3. The first-order valence-corrected chi connectivity index (χ1v) is 3.18. The van der Waals surface area contributed by atoms with E-state index in [4.69, 9.17) is 0 Å². The van der Waals surface area contributed by atoms with Crippen LogP contribution in [0.15, 0.2) is 0 Å². The summed E-state index contributed by atoms with van der Waals surface area (Å²) in [6, 6.07) is 0. The molecular formula is C2H5F3OSi. The molecule has 0 aromatic rings. The molecule has 0 atom stereocenters. The summed E-state index contributed by atoms with van der Waals surface area (Å²) in [5.74, 6) is 0. The van der Waals surface area contributed by atoms with Crippen molar-refractivity contribution < 1.29 is 17.9 Å². The summed E-state index contributed by atoms with van der Waals surface area (Å²) in [6.45, 7) is 0. The van der Waals surface area contributed by atoms with Crippen molar-refractivity contribution in [2.24, 2.45) is 0 Å². The van der Waals surface area contributed by atoms with Gasteiger partial charge in [-0.3, -0.25) is 4.74 Å². The monoisotopic (exact) mass is 130 g/mol. The van der Waals surface area contributed by atoms with Crippen LogP contribution in [0, 0.1) is 0 Å². The van der Waals surface area contributed by atoms with E-state index in [1.807, 2.05) is 0 Å². The number of hydrogen-bond acceptors (Lipinski definition) is 1. The highest BCUT2D eigenvalue weighted by Gasteiger charge is 2.27. The van der Waals surface area contributed by atoms with Crippen LogP contribution in [0.1, 0.15) is 0 Å². The summed E-state index contributed by atoms with van der Waals surface area (Å²) in [5, 5.41) is 0. The molecule has 0 radical (unpaired) electrons. The van der Waals surface area contributed by atoms with Crippen molar-refractivity contribution >= 4 is 10.2 Å². The van der Waals surface area contributed by atoms with Gasteiger partial charge in [-0.15, -0.1) is 13.2 Å². The Kier molecular flexibility index (Phi) is 2.31. The highest BCUT2D eigenvalue weighted by Crippen LogP contribution is 2.14. The molecule has 0 aliphatic carbocycles. The summed E-state index contributed by atoms with van der Waals surface area (Å²) >= 11 is 0. The third-order valence-electron chi connectivity index (χ3n) is 0.308. The van der Waals surface area contributed by atoms with Crippen LogP contribution in [0.5, 0.6) is 0 Å². The van der Waals surface area contributed by atoms with Gasteiger partial charge >= 0.3 is 6.36 Å². The summed E-state index contributed by atoms with van der Waals surface area (Å²) in [5.41, 5.74) is 0. The minimum Gasteiger partial charge on any atom is -0.296 e. The molecule has 0 spiro atoms. The molecule has 5 heteroatoms. The van der Waals surface area contributed by atoms with Crippen LogP contribution in [0.25, 0.3) is 0 Å². The zero-order valence-corrected chi connectivity index (χ0v) is 5.75. The van der Waals surface area contributed by atoms with Crippen molar-refractivity contribution in [2.45, 2.75) is 6.36 Å². The zero-order chi connectivity index (χ0) is 5.91. The molecule has 0 unspecified atom stereocenters. The fourth-order valence-corrected chi connectivity index (χ4v) is 0.491. The van der Waals surface area contributed by atoms with E-state index in [9.17, 15) is 13.2 Å². The molecule has 44 valence electrons. The van der Waals surface area contributed by atoms with Crippen LogP contribution in [0.2, 0.25) is 0 Å². The van der Waals surface area contributed by atoms with Gasteiger partial charge in [-0.1, -0.05) is 0 Å². The molecule has 0 N–H and O–H groups in total. The van der Waals surface area contributed by atoms with Crippen LogP contribution in [0.4, 0.5) is 13.2 Å². The average molecular weight is 130 g/mol. The van der Waals surface area contributed by atoms with Gasteiger partial charge in [0, 0.05) is 16.5 Å². The van der Waals surface area contributed by atoms with Gasteiger partial charge < -0.3 is 0 Å². The predicted octanol–water partition coefficient (Wildman–Crippen LogP) is -0.154. The summed E-state index contributed by atoms with van der Waals surface area (Å²) in [6.07, 6.45) is -4.59. The Morgan fingerprint density at radius 2 is 1.86 bits per heavy atom. The maximum absolute atomic E-state index is 10.9. The lowest BCUT2D eigenvalue weighted by Crippen LogP contribution is -2.13. The molecule has 0 fully saturated rings. The lowest BCUT2D eigenvalue weighted by molar-refractivity contribution is -0.316. The lowest BCUT2D eigenvalue weighted by Gasteiger charge is -2.01. The van der Waals surface area contributed by atoms with E-state index in [0.717, 1.165) is 0 Å². The Hall–Kier alpha value is -0.0331. The topological polar surface area (TPSA) is 9.23 Å². The van der Waals surface area contributed by atoms with E-state index < -0.39 is 6.36 Å². The Morgan fingerprint density at radius 1 is 1.43 bits per heavy atom. The minimum absolute atomic E-state index is 0.177. The van der Waals surface area contributed by atoms with Crippen molar-refractivity contribution in [3.63, 3.8) is 0 Å². The largest absolute Gasteiger partial charge is 0.522 e. The molecule has 0 rings (SSSR count). The summed E-state index contributed by atoms with van der Waals surface area (Å²) < 4.78 is 35.9. The molecule has 0 aliphatic heterocycles. The molecule has 0 amide bonds. The Labute approximate surface area is 41.9 Å². The van der Waals surface area contributed by atoms with E-state index in [1.54, 1.807) is 0 Å². The van der Waals surface area contributed by atoms with Gasteiger partial charge in [0.05, 0.1) is 0 Å². The van der Waals surface area contributed by atoms with Gasteiger partial charge in [0.15, 0.2) is 0 Å². The Morgan fingerprint density at radius 3 is 1.86 bits per heavy atom. The first-order chi connectivity index (χ1) is 3.06. The van der Waals surface area contributed by atoms with Crippen LogP contribution in [-0.4, -0.2) is 22.8 Å². The number of ether oxygens (including phenoxy) is 1. The van der Waals surface area contributed by atoms with Crippen molar-refractivity contribution in [3.8, 4) is 0 Å². The third-order valence-corrected chi connectivity index (χ3v) is 0.597. The van der Waals surface area contributed by atoms with Crippen molar-refractivity contribution in [1.29, 1.82) is 0 Å². The second kappa shape index (κ2) is 2.32. The number of hydrogen-bond donors (Lipinski definition) is 0. The molecule has 0 aromatic carbocycles. The maximum Gasteiger partial charge on any atom is 0.522 e. The summed E-state index contributed by atoms with van der Waals surface area (Å²) in [4.78, 5) is 0. The zero-order valence-electron chi connectivity index (χ0n) is 3.75. The van der Waals surface area contributed by atoms with E-state index in [2.05, 4.69) is 4.74 Å². The van der Waals surface area contributed by atoms with Crippen LogP contribution >= 0.6 is 0 Å². The Balaban J connectivity index is 3.15. The van der Waals surface area contributed by atoms with E-state index >= 15 is 0 Å². The summed E-state index contributed by atoms with van der Waals surface area (Å²) in [7, 11) is 0.428. The van der Waals surface area contributed by atoms with Crippen molar-refractivity contribution in [1.82, 2.24) is 0 Å². The first-order valence-electron chi connectivity index (χ1n) is 1.77.